The predicted octanol–water partition coefficient (Wildman–Crippen LogP) is 0.828. The second-order valence-corrected chi connectivity index (χ2v) is 6.64. The molecule has 0 saturated heterocycles. The number of ether oxygens (including phenoxy) is 1. The lowest BCUT2D eigenvalue weighted by molar-refractivity contribution is 0.217. The molecule has 1 N–H and O–H groups in total. The van der Waals surface area contributed by atoms with E-state index in [0.717, 1.165) is 0 Å². The summed E-state index contributed by atoms with van der Waals surface area (Å²) in [6.45, 7) is 0.147. The van der Waals surface area contributed by atoms with E-state index in [1.165, 1.54) is 19.2 Å². The van der Waals surface area contributed by atoms with Crippen LogP contribution in [0.4, 0.5) is 0 Å². The quantitative estimate of drug-likeness (QED) is 0.779. The van der Waals surface area contributed by atoms with Crippen LogP contribution >= 0.6 is 0 Å². The van der Waals surface area contributed by atoms with Crippen molar-refractivity contribution in [2.24, 2.45) is 0 Å². The van der Waals surface area contributed by atoms with Gasteiger partial charge in [-0.05, 0) is 17.7 Å². The topological polar surface area (TPSA) is 80.7 Å². The molecule has 0 heterocycles. The van der Waals surface area contributed by atoms with Crippen molar-refractivity contribution in [3.05, 3.63) is 29.8 Å². The molecule has 0 fully saturated rings. The van der Waals surface area contributed by atoms with Crippen LogP contribution in [-0.4, -0.2) is 36.6 Å². The number of methoxy groups -OCH3 is 1. The average Bonchev–Trinajstić information content (AvgIpc) is 2.26. The van der Waals surface area contributed by atoms with Crippen LogP contribution in [0.5, 0.6) is 0 Å². The van der Waals surface area contributed by atoms with Gasteiger partial charge in [-0.3, -0.25) is 0 Å². The summed E-state index contributed by atoms with van der Waals surface area (Å²) in [5, 5.41) is 0. The minimum absolute atomic E-state index is 0.0596. The lowest BCUT2D eigenvalue weighted by Gasteiger charge is -2.04. The second kappa shape index (κ2) is 6.25. The van der Waals surface area contributed by atoms with E-state index in [2.05, 4.69) is 0 Å². The fourth-order valence-corrected chi connectivity index (χ4v) is 2.98. The van der Waals surface area contributed by atoms with Gasteiger partial charge in [0.05, 0.1) is 23.0 Å². The van der Waals surface area contributed by atoms with Crippen LogP contribution in [0.3, 0.4) is 0 Å². The minimum atomic E-state index is -3.24. The summed E-state index contributed by atoms with van der Waals surface area (Å²) in [5.74, 6) is -0.211. The van der Waals surface area contributed by atoms with Gasteiger partial charge in [0.1, 0.15) is 0 Å². The van der Waals surface area contributed by atoms with Crippen molar-refractivity contribution < 1.29 is 21.9 Å². The van der Waals surface area contributed by atoms with Gasteiger partial charge in [0.2, 0.25) is 0 Å². The Labute approximate surface area is 103 Å². The first-order chi connectivity index (χ1) is 7.94. The minimum Gasteiger partial charge on any atom is -0.384 e. The van der Waals surface area contributed by atoms with E-state index < -0.39 is 20.9 Å². The van der Waals surface area contributed by atoms with E-state index in [4.69, 9.17) is 9.29 Å². The van der Waals surface area contributed by atoms with Gasteiger partial charge in [-0.25, -0.2) is 12.6 Å². The Balaban J connectivity index is 2.81. The molecule has 1 aromatic carbocycles. The lowest BCUT2D eigenvalue weighted by atomic mass is 10.2. The summed E-state index contributed by atoms with van der Waals surface area (Å²) < 4.78 is 47.7. The summed E-state index contributed by atoms with van der Waals surface area (Å²) in [7, 11) is -1.81. The molecular weight excluding hydrogens is 264 g/mol. The predicted molar refractivity (Wildman–Crippen MR) is 64.8 cm³/mol. The molecule has 0 aliphatic rings. The maximum Gasteiger partial charge on any atom is 0.186 e. The highest BCUT2D eigenvalue weighted by Gasteiger charge is 2.12. The smallest absolute Gasteiger partial charge is 0.186 e. The maximum atomic E-state index is 11.6. The summed E-state index contributed by atoms with van der Waals surface area (Å²) in [4.78, 5) is 0.199. The Hall–Kier alpha value is -0.760. The van der Waals surface area contributed by atoms with Crippen LogP contribution in [0.2, 0.25) is 0 Å². The Morgan fingerprint density at radius 1 is 1.41 bits per heavy atom. The molecule has 5 nitrogen and oxygen atoms in total. The van der Waals surface area contributed by atoms with Crippen LogP contribution in [0, 0.1) is 0 Å². The van der Waals surface area contributed by atoms with Gasteiger partial charge in [0.15, 0.2) is 20.9 Å². The number of hydrogen-bond donors (Lipinski definition) is 1. The molecule has 1 rings (SSSR count). The van der Waals surface area contributed by atoms with E-state index in [-0.39, 0.29) is 23.0 Å². The molecule has 0 radical (unpaired) electrons. The summed E-state index contributed by atoms with van der Waals surface area (Å²) >= 11 is -2.09. The van der Waals surface area contributed by atoms with Gasteiger partial charge in [0.25, 0.3) is 0 Å². The summed E-state index contributed by atoms with van der Waals surface area (Å²) in [5.41, 5.74) is 0.501. The SMILES string of the molecule is COCCS(=O)(=O)Cc1cccc(S(=O)O)c1. The zero-order valence-corrected chi connectivity index (χ0v) is 11.0. The second-order valence-electron chi connectivity index (χ2n) is 3.48. The molecular formula is C10H14O5S2. The standard InChI is InChI=1S/C10H14O5S2/c1-15-5-6-17(13,14)8-9-3-2-4-10(7-9)16(11)12/h2-4,7H,5-6,8H2,1H3,(H,11,12). The molecule has 7 heteroatoms. The van der Waals surface area contributed by atoms with Gasteiger partial charge in [-0.15, -0.1) is 0 Å². The monoisotopic (exact) mass is 278 g/mol. The van der Waals surface area contributed by atoms with Crippen molar-refractivity contribution in [2.75, 3.05) is 19.5 Å². The molecule has 0 aliphatic carbocycles. The summed E-state index contributed by atoms with van der Waals surface area (Å²) in [6.07, 6.45) is 0. The van der Waals surface area contributed by atoms with Gasteiger partial charge >= 0.3 is 0 Å². The van der Waals surface area contributed by atoms with E-state index >= 15 is 0 Å². The van der Waals surface area contributed by atoms with Crippen molar-refractivity contribution >= 4 is 20.9 Å². The highest BCUT2D eigenvalue weighted by Crippen LogP contribution is 2.12. The molecule has 1 aromatic rings. The molecule has 1 atom stereocenters. The third kappa shape index (κ3) is 4.95. The number of hydrogen-bond acceptors (Lipinski definition) is 4. The highest BCUT2D eigenvalue weighted by molar-refractivity contribution is 7.90. The fraction of sp³-hybridized carbons (Fsp3) is 0.400. The average molecular weight is 278 g/mol. The van der Waals surface area contributed by atoms with E-state index in [9.17, 15) is 12.6 Å². The first-order valence-electron chi connectivity index (χ1n) is 4.84. The Morgan fingerprint density at radius 3 is 2.71 bits per heavy atom. The maximum absolute atomic E-state index is 11.6. The van der Waals surface area contributed by atoms with Crippen molar-refractivity contribution in [2.45, 2.75) is 10.6 Å². The highest BCUT2D eigenvalue weighted by atomic mass is 32.2. The number of benzene rings is 1. The molecule has 1 unspecified atom stereocenters. The van der Waals surface area contributed by atoms with Crippen LogP contribution in [0.25, 0.3) is 0 Å². The van der Waals surface area contributed by atoms with Gasteiger partial charge < -0.3 is 9.29 Å². The fourth-order valence-electron chi connectivity index (χ4n) is 1.28. The molecule has 0 bridgehead atoms. The van der Waals surface area contributed by atoms with Crippen molar-refractivity contribution in [3.63, 3.8) is 0 Å². The molecule has 96 valence electrons. The Kier molecular flexibility index (Phi) is 5.26. The van der Waals surface area contributed by atoms with E-state index in [1.807, 2.05) is 0 Å². The largest absolute Gasteiger partial charge is 0.384 e. The van der Waals surface area contributed by atoms with Crippen LogP contribution < -0.4 is 0 Å². The van der Waals surface area contributed by atoms with Crippen LogP contribution in [0.15, 0.2) is 29.2 Å². The van der Waals surface area contributed by atoms with Crippen molar-refractivity contribution in [1.29, 1.82) is 0 Å². The molecule has 0 saturated carbocycles. The summed E-state index contributed by atoms with van der Waals surface area (Å²) in [6, 6.07) is 6.06. The van der Waals surface area contributed by atoms with E-state index in [1.54, 1.807) is 12.1 Å². The van der Waals surface area contributed by atoms with Gasteiger partial charge in [-0.1, -0.05) is 12.1 Å². The van der Waals surface area contributed by atoms with Crippen LogP contribution in [0.1, 0.15) is 5.56 Å². The van der Waals surface area contributed by atoms with Crippen molar-refractivity contribution in [1.82, 2.24) is 0 Å². The number of rotatable bonds is 6. The van der Waals surface area contributed by atoms with Crippen molar-refractivity contribution in [3.8, 4) is 0 Å². The third-order valence-corrected chi connectivity index (χ3v) is 4.30. The molecule has 0 amide bonds. The number of sulfone groups is 1. The first kappa shape index (κ1) is 14.3. The third-order valence-electron chi connectivity index (χ3n) is 2.09. The molecule has 0 aromatic heterocycles. The molecule has 0 spiro atoms. The van der Waals surface area contributed by atoms with Gasteiger partial charge in [0, 0.05) is 7.11 Å². The lowest BCUT2D eigenvalue weighted by Crippen LogP contribution is -2.13. The normalized spacial score (nSPS) is 13.5. The van der Waals surface area contributed by atoms with Crippen LogP contribution in [-0.2, 0) is 31.4 Å². The molecule has 0 aliphatic heterocycles. The Bertz CT molecular complexity index is 495. The van der Waals surface area contributed by atoms with Gasteiger partial charge in [-0.2, -0.15) is 0 Å². The zero-order chi connectivity index (χ0) is 12.9. The molecule has 17 heavy (non-hydrogen) atoms. The van der Waals surface area contributed by atoms with E-state index in [0.29, 0.717) is 5.56 Å². The zero-order valence-electron chi connectivity index (χ0n) is 9.33. The first-order valence-corrected chi connectivity index (χ1v) is 7.76. The Morgan fingerprint density at radius 2 is 2.12 bits per heavy atom.